The topological polar surface area (TPSA) is 12.5 Å². The van der Waals surface area contributed by atoms with Crippen LogP contribution in [0.1, 0.15) is 26.2 Å². The van der Waals surface area contributed by atoms with Crippen LogP contribution in [0, 0.1) is 5.41 Å². The summed E-state index contributed by atoms with van der Waals surface area (Å²) in [6.07, 6.45) is 3.94. The molecule has 0 saturated carbocycles. The van der Waals surface area contributed by atoms with E-state index in [2.05, 4.69) is 18.9 Å². The van der Waals surface area contributed by atoms with Gasteiger partial charge >= 0.3 is 0 Å². The third-order valence-corrected chi connectivity index (χ3v) is 3.62. The Balaban J connectivity index is 2.02. The van der Waals surface area contributed by atoms with E-state index in [1.807, 2.05) is 0 Å². The van der Waals surface area contributed by atoms with Crippen molar-refractivity contribution in [2.24, 2.45) is 5.41 Å². The van der Waals surface area contributed by atoms with Gasteiger partial charge in [0.2, 0.25) is 0 Å². The van der Waals surface area contributed by atoms with Crippen LogP contribution >= 0.6 is 0 Å². The van der Waals surface area contributed by atoms with Crippen molar-refractivity contribution in [3.8, 4) is 0 Å². The predicted octanol–water partition coefficient (Wildman–Crippen LogP) is 1.51. The molecule has 2 saturated heterocycles. The van der Waals surface area contributed by atoms with Crippen molar-refractivity contribution < 1.29 is 4.74 Å². The van der Waals surface area contributed by atoms with Crippen molar-refractivity contribution in [1.82, 2.24) is 4.90 Å². The van der Waals surface area contributed by atoms with Crippen LogP contribution in [0.4, 0.5) is 0 Å². The lowest BCUT2D eigenvalue weighted by Crippen LogP contribution is -2.31. The quantitative estimate of drug-likeness (QED) is 0.545. The van der Waals surface area contributed by atoms with E-state index in [0.29, 0.717) is 5.41 Å². The zero-order chi connectivity index (χ0) is 8.60. The van der Waals surface area contributed by atoms with E-state index < -0.39 is 0 Å². The van der Waals surface area contributed by atoms with E-state index >= 15 is 0 Å². The molecule has 2 heteroatoms. The Bertz CT molecular complexity index is 151. The largest absolute Gasteiger partial charge is 0.381 e. The third kappa shape index (κ3) is 1.38. The van der Waals surface area contributed by atoms with Gasteiger partial charge in [0.1, 0.15) is 0 Å². The van der Waals surface area contributed by atoms with Gasteiger partial charge < -0.3 is 9.64 Å². The van der Waals surface area contributed by atoms with Crippen LogP contribution in [-0.2, 0) is 4.74 Å². The Kier molecular flexibility index (Phi) is 2.13. The molecular formula is C10H19NO. The van der Waals surface area contributed by atoms with Gasteiger partial charge in [0.05, 0.1) is 0 Å². The molecule has 1 spiro atoms. The maximum atomic E-state index is 5.41. The number of hydrogen-bond acceptors (Lipinski definition) is 2. The Morgan fingerprint density at radius 2 is 2.00 bits per heavy atom. The van der Waals surface area contributed by atoms with Crippen LogP contribution in [0.5, 0.6) is 0 Å². The molecule has 2 heterocycles. The Morgan fingerprint density at radius 3 is 2.50 bits per heavy atom. The van der Waals surface area contributed by atoms with Crippen molar-refractivity contribution in [2.75, 3.05) is 26.8 Å². The minimum Gasteiger partial charge on any atom is -0.381 e. The SMILES string of the molecule is CC1CC2(CCOCC2)CN1C. The molecule has 0 radical (unpaired) electrons. The fourth-order valence-corrected chi connectivity index (χ4v) is 2.70. The van der Waals surface area contributed by atoms with Crippen LogP contribution in [0.2, 0.25) is 0 Å². The number of rotatable bonds is 0. The summed E-state index contributed by atoms with van der Waals surface area (Å²) in [6.45, 7) is 5.60. The molecule has 0 aliphatic carbocycles. The molecule has 0 aromatic heterocycles. The maximum absolute atomic E-state index is 5.41. The first kappa shape index (κ1) is 8.52. The van der Waals surface area contributed by atoms with Crippen molar-refractivity contribution in [3.63, 3.8) is 0 Å². The molecule has 2 nitrogen and oxygen atoms in total. The first-order valence-corrected chi connectivity index (χ1v) is 5.00. The molecule has 2 fully saturated rings. The summed E-state index contributed by atoms with van der Waals surface area (Å²) in [7, 11) is 2.24. The molecule has 0 aromatic rings. The summed E-state index contributed by atoms with van der Waals surface area (Å²) in [5, 5.41) is 0. The van der Waals surface area contributed by atoms with E-state index in [-0.39, 0.29) is 0 Å². The van der Waals surface area contributed by atoms with Crippen LogP contribution in [0.3, 0.4) is 0 Å². The second-order valence-corrected chi connectivity index (χ2v) is 4.58. The fraction of sp³-hybridized carbons (Fsp3) is 1.00. The van der Waals surface area contributed by atoms with Crippen LogP contribution in [0.25, 0.3) is 0 Å². The van der Waals surface area contributed by atoms with Crippen molar-refractivity contribution in [3.05, 3.63) is 0 Å². The lowest BCUT2D eigenvalue weighted by molar-refractivity contribution is 0.0203. The highest BCUT2D eigenvalue weighted by molar-refractivity contribution is 4.93. The van der Waals surface area contributed by atoms with E-state index in [1.165, 1.54) is 25.8 Å². The molecule has 1 atom stereocenters. The molecule has 0 amide bonds. The summed E-state index contributed by atoms with van der Waals surface area (Å²) >= 11 is 0. The predicted molar refractivity (Wildman–Crippen MR) is 49.2 cm³/mol. The van der Waals surface area contributed by atoms with E-state index in [4.69, 9.17) is 4.74 Å². The molecule has 2 rings (SSSR count). The van der Waals surface area contributed by atoms with E-state index in [1.54, 1.807) is 0 Å². The van der Waals surface area contributed by atoms with Gasteiger partial charge in [0, 0.05) is 25.8 Å². The molecule has 12 heavy (non-hydrogen) atoms. The van der Waals surface area contributed by atoms with Crippen LogP contribution in [-0.4, -0.2) is 37.7 Å². The van der Waals surface area contributed by atoms with Gasteiger partial charge in [0.25, 0.3) is 0 Å². The fourth-order valence-electron chi connectivity index (χ4n) is 2.70. The summed E-state index contributed by atoms with van der Waals surface area (Å²) in [5.74, 6) is 0. The zero-order valence-corrected chi connectivity index (χ0v) is 8.18. The minimum atomic E-state index is 0.617. The highest BCUT2D eigenvalue weighted by atomic mass is 16.5. The number of hydrogen-bond donors (Lipinski definition) is 0. The number of nitrogens with zero attached hydrogens (tertiary/aromatic N) is 1. The standard InChI is InChI=1S/C10H19NO/c1-9-7-10(8-11(9)2)3-5-12-6-4-10/h9H,3-8H2,1-2H3. The minimum absolute atomic E-state index is 0.617. The molecular weight excluding hydrogens is 150 g/mol. The summed E-state index contributed by atoms with van der Waals surface area (Å²) in [6, 6.07) is 0.781. The van der Waals surface area contributed by atoms with Crippen molar-refractivity contribution in [1.29, 1.82) is 0 Å². The lowest BCUT2D eigenvalue weighted by Gasteiger charge is -2.32. The first-order chi connectivity index (χ1) is 5.72. The average Bonchev–Trinajstić information content (AvgIpc) is 2.29. The maximum Gasteiger partial charge on any atom is 0.0471 e. The van der Waals surface area contributed by atoms with Gasteiger partial charge in [0.15, 0.2) is 0 Å². The average molecular weight is 169 g/mol. The smallest absolute Gasteiger partial charge is 0.0471 e. The monoisotopic (exact) mass is 169 g/mol. The van der Waals surface area contributed by atoms with Crippen LogP contribution in [0.15, 0.2) is 0 Å². The number of likely N-dealkylation sites (tertiary alicyclic amines) is 1. The van der Waals surface area contributed by atoms with Crippen molar-refractivity contribution in [2.45, 2.75) is 32.2 Å². The molecule has 0 N–H and O–H groups in total. The van der Waals surface area contributed by atoms with Crippen molar-refractivity contribution >= 4 is 0 Å². The Hall–Kier alpha value is -0.0800. The molecule has 2 aliphatic heterocycles. The van der Waals surface area contributed by atoms with Gasteiger partial charge in [-0.2, -0.15) is 0 Å². The third-order valence-electron chi connectivity index (χ3n) is 3.62. The van der Waals surface area contributed by atoms with Crippen LogP contribution < -0.4 is 0 Å². The van der Waals surface area contributed by atoms with Gasteiger partial charge in [-0.3, -0.25) is 0 Å². The molecule has 0 bridgehead atoms. The summed E-state index contributed by atoms with van der Waals surface area (Å²) in [4.78, 5) is 2.49. The lowest BCUT2D eigenvalue weighted by atomic mass is 9.78. The van der Waals surface area contributed by atoms with E-state index in [0.717, 1.165) is 19.3 Å². The summed E-state index contributed by atoms with van der Waals surface area (Å²) < 4.78 is 5.41. The second-order valence-electron chi connectivity index (χ2n) is 4.58. The molecule has 2 aliphatic rings. The highest BCUT2D eigenvalue weighted by Gasteiger charge is 2.41. The van der Waals surface area contributed by atoms with E-state index in [9.17, 15) is 0 Å². The second kappa shape index (κ2) is 3.00. The number of ether oxygens (including phenoxy) is 1. The molecule has 70 valence electrons. The van der Waals surface area contributed by atoms with Gasteiger partial charge in [-0.15, -0.1) is 0 Å². The summed E-state index contributed by atoms with van der Waals surface area (Å²) in [5.41, 5.74) is 0.617. The highest BCUT2D eigenvalue weighted by Crippen LogP contribution is 2.41. The normalized spacial score (nSPS) is 36.0. The Morgan fingerprint density at radius 1 is 1.33 bits per heavy atom. The van der Waals surface area contributed by atoms with Gasteiger partial charge in [-0.05, 0) is 38.6 Å². The first-order valence-electron chi connectivity index (χ1n) is 5.00. The molecule has 0 aromatic carbocycles. The van der Waals surface area contributed by atoms with Gasteiger partial charge in [-0.1, -0.05) is 0 Å². The Labute approximate surface area is 74.9 Å². The van der Waals surface area contributed by atoms with Gasteiger partial charge in [-0.25, -0.2) is 0 Å². The molecule has 1 unspecified atom stereocenters. The zero-order valence-electron chi connectivity index (χ0n) is 8.18.